The molecule has 0 amide bonds. The Morgan fingerprint density at radius 1 is 1.25 bits per heavy atom. The molecule has 1 atom stereocenters. The van der Waals surface area contributed by atoms with Crippen LogP contribution in [0.2, 0.25) is 0 Å². The minimum Gasteiger partial charge on any atom is -0.380 e. The highest BCUT2D eigenvalue weighted by Gasteiger charge is 1.98. The van der Waals surface area contributed by atoms with Gasteiger partial charge in [0.15, 0.2) is 0 Å². The molecule has 0 saturated heterocycles. The number of terminal acetylenes is 1. The summed E-state index contributed by atoms with van der Waals surface area (Å²) in [5.41, 5.74) is 1.19. The number of benzene rings is 1. The van der Waals surface area contributed by atoms with Crippen molar-refractivity contribution in [3.8, 4) is 12.3 Å². The molecule has 0 aliphatic carbocycles. The lowest BCUT2D eigenvalue weighted by Gasteiger charge is -2.05. The SMILES string of the molecule is C#C[C@@H](O)CCCCOCc1ccccc1. The predicted octanol–water partition coefficient (Wildman–Crippen LogP) is 2.37. The number of hydrogen-bond donors (Lipinski definition) is 1. The van der Waals surface area contributed by atoms with Gasteiger partial charge < -0.3 is 9.84 Å². The summed E-state index contributed by atoms with van der Waals surface area (Å²) in [6.07, 6.45) is 6.95. The third-order valence-electron chi connectivity index (χ3n) is 2.32. The summed E-state index contributed by atoms with van der Waals surface area (Å²) in [6.45, 7) is 1.37. The van der Waals surface area contributed by atoms with Gasteiger partial charge in [0.1, 0.15) is 6.10 Å². The van der Waals surface area contributed by atoms with Crippen molar-refractivity contribution in [2.75, 3.05) is 6.61 Å². The van der Waals surface area contributed by atoms with Crippen LogP contribution >= 0.6 is 0 Å². The lowest BCUT2D eigenvalue weighted by atomic mass is 10.2. The maximum atomic E-state index is 9.12. The highest BCUT2D eigenvalue weighted by atomic mass is 16.5. The van der Waals surface area contributed by atoms with E-state index in [0.717, 1.165) is 12.8 Å². The number of ether oxygens (including phenoxy) is 1. The molecule has 0 bridgehead atoms. The minimum atomic E-state index is -0.603. The monoisotopic (exact) mass is 218 g/mol. The molecule has 0 unspecified atom stereocenters. The number of hydrogen-bond acceptors (Lipinski definition) is 2. The predicted molar refractivity (Wildman–Crippen MR) is 64.8 cm³/mol. The number of aliphatic hydroxyl groups excluding tert-OH is 1. The Labute approximate surface area is 97.3 Å². The summed E-state index contributed by atoms with van der Waals surface area (Å²) < 4.78 is 5.50. The highest BCUT2D eigenvalue weighted by molar-refractivity contribution is 5.13. The van der Waals surface area contributed by atoms with Crippen molar-refractivity contribution in [3.05, 3.63) is 35.9 Å². The van der Waals surface area contributed by atoms with Crippen LogP contribution in [0, 0.1) is 12.3 Å². The van der Waals surface area contributed by atoms with E-state index in [4.69, 9.17) is 16.3 Å². The van der Waals surface area contributed by atoms with Crippen molar-refractivity contribution in [3.63, 3.8) is 0 Å². The topological polar surface area (TPSA) is 29.5 Å². The van der Waals surface area contributed by atoms with E-state index < -0.39 is 6.10 Å². The van der Waals surface area contributed by atoms with Crippen LogP contribution in [0.1, 0.15) is 24.8 Å². The molecule has 0 aliphatic rings. The lowest BCUT2D eigenvalue weighted by Crippen LogP contribution is -2.03. The smallest absolute Gasteiger partial charge is 0.114 e. The molecule has 0 radical (unpaired) electrons. The molecule has 86 valence electrons. The van der Waals surface area contributed by atoms with Crippen molar-refractivity contribution in [2.45, 2.75) is 32.0 Å². The molecule has 0 aromatic heterocycles. The van der Waals surface area contributed by atoms with Crippen molar-refractivity contribution in [1.29, 1.82) is 0 Å². The van der Waals surface area contributed by atoms with Crippen molar-refractivity contribution in [1.82, 2.24) is 0 Å². The van der Waals surface area contributed by atoms with E-state index in [1.165, 1.54) is 5.56 Å². The van der Waals surface area contributed by atoms with Gasteiger partial charge >= 0.3 is 0 Å². The molecule has 0 heterocycles. The Morgan fingerprint density at radius 2 is 2.00 bits per heavy atom. The maximum absolute atomic E-state index is 9.12. The van der Waals surface area contributed by atoms with Gasteiger partial charge in [0, 0.05) is 6.61 Å². The first-order valence-electron chi connectivity index (χ1n) is 5.59. The van der Waals surface area contributed by atoms with Gasteiger partial charge in [-0.2, -0.15) is 0 Å². The largest absolute Gasteiger partial charge is 0.380 e. The second kappa shape index (κ2) is 7.92. The van der Waals surface area contributed by atoms with E-state index in [1.807, 2.05) is 30.3 Å². The zero-order valence-electron chi connectivity index (χ0n) is 9.43. The van der Waals surface area contributed by atoms with Gasteiger partial charge in [-0.15, -0.1) is 6.42 Å². The fourth-order valence-electron chi connectivity index (χ4n) is 1.39. The zero-order chi connectivity index (χ0) is 11.6. The molecular formula is C14H18O2. The molecule has 0 spiro atoms. The molecule has 2 nitrogen and oxygen atoms in total. The van der Waals surface area contributed by atoms with Crippen LogP contribution in [0.15, 0.2) is 30.3 Å². The Bertz CT molecular complexity index is 313. The maximum Gasteiger partial charge on any atom is 0.114 e. The summed E-state index contributed by atoms with van der Waals surface area (Å²) in [6, 6.07) is 10.1. The number of aliphatic hydroxyl groups is 1. The van der Waals surface area contributed by atoms with Crippen molar-refractivity contribution >= 4 is 0 Å². The molecule has 2 heteroatoms. The van der Waals surface area contributed by atoms with E-state index in [2.05, 4.69) is 5.92 Å². The Morgan fingerprint density at radius 3 is 2.69 bits per heavy atom. The lowest BCUT2D eigenvalue weighted by molar-refractivity contribution is 0.113. The molecule has 1 N–H and O–H groups in total. The number of unbranched alkanes of at least 4 members (excludes halogenated alkanes) is 1. The molecule has 0 fully saturated rings. The fraction of sp³-hybridized carbons (Fsp3) is 0.429. The average Bonchev–Trinajstić information content (AvgIpc) is 2.34. The van der Waals surface area contributed by atoms with Crippen LogP contribution in [0.25, 0.3) is 0 Å². The molecule has 16 heavy (non-hydrogen) atoms. The van der Waals surface area contributed by atoms with Crippen LogP contribution in [0.5, 0.6) is 0 Å². The van der Waals surface area contributed by atoms with Crippen LogP contribution in [-0.2, 0) is 11.3 Å². The Hall–Kier alpha value is -1.30. The summed E-state index contributed by atoms with van der Waals surface area (Å²) >= 11 is 0. The fourth-order valence-corrected chi connectivity index (χ4v) is 1.39. The second-order valence-electron chi connectivity index (χ2n) is 3.72. The second-order valence-corrected chi connectivity index (χ2v) is 3.72. The average molecular weight is 218 g/mol. The van der Waals surface area contributed by atoms with Crippen LogP contribution < -0.4 is 0 Å². The van der Waals surface area contributed by atoms with E-state index in [0.29, 0.717) is 19.6 Å². The van der Waals surface area contributed by atoms with Gasteiger partial charge in [0.2, 0.25) is 0 Å². The molecular weight excluding hydrogens is 200 g/mol. The van der Waals surface area contributed by atoms with Gasteiger partial charge in [0.05, 0.1) is 6.61 Å². The standard InChI is InChI=1S/C14H18O2/c1-2-14(15)10-6-7-11-16-12-13-8-4-3-5-9-13/h1,3-5,8-9,14-15H,6-7,10-12H2/t14-/m1/s1. The normalized spacial score (nSPS) is 12.0. The van der Waals surface area contributed by atoms with Crippen molar-refractivity contribution in [2.24, 2.45) is 0 Å². The molecule has 1 rings (SSSR count). The van der Waals surface area contributed by atoms with Crippen LogP contribution in [0.3, 0.4) is 0 Å². The van der Waals surface area contributed by atoms with Gasteiger partial charge in [0.25, 0.3) is 0 Å². The first-order valence-corrected chi connectivity index (χ1v) is 5.59. The van der Waals surface area contributed by atoms with Gasteiger partial charge in [-0.05, 0) is 24.8 Å². The summed E-state index contributed by atoms with van der Waals surface area (Å²) in [5.74, 6) is 2.30. The molecule has 1 aromatic carbocycles. The van der Waals surface area contributed by atoms with Gasteiger partial charge in [-0.25, -0.2) is 0 Å². The Balaban J connectivity index is 1.99. The Kier molecular flexibility index (Phi) is 6.32. The van der Waals surface area contributed by atoms with Crippen LogP contribution in [0.4, 0.5) is 0 Å². The first-order chi connectivity index (χ1) is 7.83. The summed E-state index contributed by atoms with van der Waals surface area (Å²) in [5, 5.41) is 9.12. The van der Waals surface area contributed by atoms with E-state index in [1.54, 1.807) is 0 Å². The zero-order valence-corrected chi connectivity index (χ0v) is 9.43. The third kappa shape index (κ3) is 5.55. The van der Waals surface area contributed by atoms with E-state index in [9.17, 15) is 0 Å². The quantitative estimate of drug-likeness (QED) is 0.562. The van der Waals surface area contributed by atoms with E-state index in [-0.39, 0.29) is 0 Å². The summed E-state index contributed by atoms with van der Waals surface area (Å²) in [4.78, 5) is 0. The third-order valence-corrected chi connectivity index (χ3v) is 2.32. The van der Waals surface area contributed by atoms with Crippen LogP contribution in [-0.4, -0.2) is 17.8 Å². The van der Waals surface area contributed by atoms with Crippen molar-refractivity contribution < 1.29 is 9.84 Å². The minimum absolute atomic E-state index is 0.603. The summed E-state index contributed by atoms with van der Waals surface area (Å²) in [7, 11) is 0. The number of rotatable bonds is 7. The highest BCUT2D eigenvalue weighted by Crippen LogP contribution is 2.03. The van der Waals surface area contributed by atoms with Gasteiger partial charge in [-0.3, -0.25) is 0 Å². The molecule has 0 saturated carbocycles. The first kappa shape index (κ1) is 12.8. The molecule has 0 aliphatic heterocycles. The van der Waals surface area contributed by atoms with E-state index >= 15 is 0 Å². The molecule has 1 aromatic rings. The van der Waals surface area contributed by atoms with Gasteiger partial charge in [-0.1, -0.05) is 36.3 Å².